The highest BCUT2D eigenvalue weighted by Crippen LogP contribution is 2.21. The van der Waals surface area contributed by atoms with Gasteiger partial charge in [-0.2, -0.15) is 0 Å². The molecule has 1 fully saturated rings. The molecule has 1 rings (SSSR count). The fraction of sp³-hybridized carbons (Fsp3) is 0.929. The summed E-state index contributed by atoms with van der Waals surface area (Å²) in [6.07, 6.45) is 10.7. The molecule has 1 saturated carbocycles. The summed E-state index contributed by atoms with van der Waals surface area (Å²) < 4.78 is 0. The van der Waals surface area contributed by atoms with E-state index >= 15 is 0 Å². The Morgan fingerprint density at radius 3 is 2.24 bits per heavy atom. The smallest absolute Gasteiger partial charge is 0.304 e. The second kappa shape index (κ2) is 8.51. The van der Waals surface area contributed by atoms with E-state index in [0.29, 0.717) is 6.04 Å². The quantitative estimate of drug-likeness (QED) is 0.775. The average molecular weight is 241 g/mol. The van der Waals surface area contributed by atoms with Crippen molar-refractivity contribution < 1.29 is 9.90 Å². The number of hydrogen-bond acceptors (Lipinski definition) is 2. The maximum atomic E-state index is 10.7. The molecule has 17 heavy (non-hydrogen) atoms. The van der Waals surface area contributed by atoms with Gasteiger partial charge in [0.15, 0.2) is 0 Å². The fourth-order valence-electron chi connectivity index (χ4n) is 2.80. The molecular formula is C14H27NO2. The molecule has 0 aromatic heterocycles. The second-order valence-electron chi connectivity index (χ2n) is 5.18. The summed E-state index contributed by atoms with van der Waals surface area (Å²) in [5.41, 5.74) is 0. The maximum Gasteiger partial charge on any atom is 0.304 e. The van der Waals surface area contributed by atoms with E-state index in [0.717, 1.165) is 19.5 Å². The van der Waals surface area contributed by atoms with Crippen LogP contribution in [0.1, 0.15) is 64.7 Å². The summed E-state index contributed by atoms with van der Waals surface area (Å²) in [5.74, 6) is -0.669. The van der Waals surface area contributed by atoms with Crippen LogP contribution in [0.3, 0.4) is 0 Å². The van der Waals surface area contributed by atoms with E-state index in [2.05, 4.69) is 11.8 Å². The largest absolute Gasteiger partial charge is 0.481 e. The van der Waals surface area contributed by atoms with Crippen molar-refractivity contribution >= 4 is 5.97 Å². The molecule has 0 spiro atoms. The van der Waals surface area contributed by atoms with Gasteiger partial charge in [0.1, 0.15) is 0 Å². The van der Waals surface area contributed by atoms with Gasteiger partial charge in [-0.1, -0.05) is 39.0 Å². The lowest BCUT2D eigenvalue weighted by molar-refractivity contribution is -0.137. The van der Waals surface area contributed by atoms with E-state index < -0.39 is 5.97 Å². The predicted molar refractivity (Wildman–Crippen MR) is 70.2 cm³/mol. The highest BCUT2D eigenvalue weighted by atomic mass is 16.4. The zero-order chi connectivity index (χ0) is 12.5. The molecule has 1 aliphatic rings. The Hall–Kier alpha value is -0.570. The highest BCUT2D eigenvalue weighted by Gasteiger charge is 2.19. The molecule has 1 N–H and O–H groups in total. The minimum atomic E-state index is -0.669. The minimum absolute atomic E-state index is 0.288. The Morgan fingerprint density at radius 1 is 1.12 bits per heavy atom. The van der Waals surface area contributed by atoms with Crippen molar-refractivity contribution in [3.05, 3.63) is 0 Å². The van der Waals surface area contributed by atoms with Crippen molar-refractivity contribution in [1.82, 2.24) is 4.90 Å². The molecular weight excluding hydrogens is 214 g/mol. The molecule has 3 nitrogen and oxygen atoms in total. The van der Waals surface area contributed by atoms with Crippen molar-refractivity contribution in [2.75, 3.05) is 13.1 Å². The van der Waals surface area contributed by atoms with Crippen LogP contribution in [-0.4, -0.2) is 35.1 Å². The standard InChI is InChI=1S/C14H27NO2/c1-2-11-15(12-10-14(16)17)13-8-6-4-3-5-7-9-13/h13H,2-12H2,1H3,(H,16,17). The topological polar surface area (TPSA) is 40.5 Å². The molecule has 0 atom stereocenters. The summed E-state index contributed by atoms with van der Waals surface area (Å²) in [6, 6.07) is 0.634. The normalized spacial score (nSPS) is 18.9. The van der Waals surface area contributed by atoms with E-state index in [-0.39, 0.29) is 6.42 Å². The number of carboxylic acids is 1. The van der Waals surface area contributed by atoms with Crippen molar-refractivity contribution in [3.8, 4) is 0 Å². The van der Waals surface area contributed by atoms with E-state index in [4.69, 9.17) is 5.11 Å². The van der Waals surface area contributed by atoms with E-state index in [1.807, 2.05) is 0 Å². The maximum absolute atomic E-state index is 10.7. The Balaban J connectivity index is 2.43. The molecule has 0 radical (unpaired) electrons. The van der Waals surface area contributed by atoms with Gasteiger partial charge >= 0.3 is 5.97 Å². The van der Waals surface area contributed by atoms with Crippen LogP contribution in [0, 0.1) is 0 Å². The number of carboxylic acid groups (broad SMARTS) is 1. The van der Waals surface area contributed by atoms with Crippen molar-refractivity contribution in [2.24, 2.45) is 0 Å². The Kier molecular flexibility index (Phi) is 7.25. The molecule has 1 aliphatic carbocycles. The van der Waals surface area contributed by atoms with Gasteiger partial charge in [-0.15, -0.1) is 0 Å². The molecule has 0 amide bonds. The highest BCUT2D eigenvalue weighted by molar-refractivity contribution is 5.66. The summed E-state index contributed by atoms with van der Waals surface area (Å²) >= 11 is 0. The zero-order valence-electron chi connectivity index (χ0n) is 11.2. The van der Waals surface area contributed by atoms with Crippen LogP contribution < -0.4 is 0 Å². The fourth-order valence-corrected chi connectivity index (χ4v) is 2.80. The van der Waals surface area contributed by atoms with Crippen LogP contribution in [-0.2, 0) is 4.79 Å². The second-order valence-corrected chi connectivity index (χ2v) is 5.18. The average Bonchev–Trinajstić information content (AvgIpc) is 2.24. The first-order valence-corrected chi connectivity index (χ1v) is 7.20. The molecule has 0 aromatic carbocycles. The molecule has 0 bridgehead atoms. The number of hydrogen-bond donors (Lipinski definition) is 1. The van der Waals surface area contributed by atoms with Gasteiger partial charge in [0.2, 0.25) is 0 Å². The van der Waals surface area contributed by atoms with Crippen LogP contribution in [0.2, 0.25) is 0 Å². The van der Waals surface area contributed by atoms with Crippen molar-refractivity contribution in [2.45, 2.75) is 70.8 Å². The lowest BCUT2D eigenvalue weighted by Gasteiger charge is -2.32. The van der Waals surface area contributed by atoms with Crippen LogP contribution in [0.5, 0.6) is 0 Å². The monoisotopic (exact) mass is 241 g/mol. The van der Waals surface area contributed by atoms with Crippen molar-refractivity contribution in [3.63, 3.8) is 0 Å². The van der Waals surface area contributed by atoms with Gasteiger partial charge in [-0.25, -0.2) is 0 Å². The Labute approximate surface area is 105 Å². The van der Waals surface area contributed by atoms with E-state index in [1.165, 1.54) is 44.9 Å². The molecule has 0 saturated heterocycles. The lowest BCUT2D eigenvalue weighted by Crippen LogP contribution is -2.38. The number of aliphatic carboxylic acids is 1. The van der Waals surface area contributed by atoms with Crippen LogP contribution in [0.4, 0.5) is 0 Å². The van der Waals surface area contributed by atoms with E-state index in [1.54, 1.807) is 0 Å². The van der Waals surface area contributed by atoms with Crippen LogP contribution >= 0.6 is 0 Å². The summed E-state index contributed by atoms with van der Waals surface area (Å²) in [6.45, 7) is 3.96. The van der Waals surface area contributed by atoms with Crippen LogP contribution in [0.15, 0.2) is 0 Å². The Morgan fingerprint density at radius 2 is 1.71 bits per heavy atom. The first-order valence-electron chi connectivity index (χ1n) is 7.20. The minimum Gasteiger partial charge on any atom is -0.481 e. The number of nitrogens with zero attached hydrogens (tertiary/aromatic N) is 1. The van der Waals surface area contributed by atoms with Gasteiger partial charge in [-0.05, 0) is 25.8 Å². The first-order chi connectivity index (χ1) is 8.24. The van der Waals surface area contributed by atoms with E-state index in [9.17, 15) is 4.79 Å². The van der Waals surface area contributed by atoms with Crippen molar-refractivity contribution in [1.29, 1.82) is 0 Å². The molecule has 0 unspecified atom stereocenters. The third kappa shape index (κ3) is 6.06. The zero-order valence-corrected chi connectivity index (χ0v) is 11.2. The van der Waals surface area contributed by atoms with Gasteiger partial charge < -0.3 is 5.11 Å². The summed E-state index contributed by atoms with van der Waals surface area (Å²) in [5, 5.41) is 8.80. The van der Waals surface area contributed by atoms with Gasteiger partial charge in [0.25, 0.3) is 0 Å². The first kappa shape index (κ1) is 14.5. The molecule has 0 aliphatic heterocycles. The molecule has 0 heterocycles. The van der Waals surface area contributed by atoms with Crippen LogP contribution in [0.25, 0.3) is 0 Å². The summed E-state index contributed by atoms with van der Waals surface area (Å²) in [4.78, 5) is 13.1. The number of carbonyl (C=O) groups is 1. The molecule has 100 valence electrons. The van der Waals surface area contributed by atoms with Gasteiger partial charge in [0, 0.05) is 12.6 Å². The molecule has 3 heteroatoms. The van der Waals surface area contributed by atoms with Gasteiger partial charge in [0.05, 0.1) is 6.42 Å². The lowest BCUT2D eigenvalue weighted by atomic mass is 9.95. The SMILES string of the molecule is CCCN(CCC(=O)O)C1CCCCCCC1. The van der Waals surface area contributed by atoms with Gasteiger partial charge in [-0.3, -0.25) is 9.69 Å². The summed E-state index contributed by atoms with van der Waals surface area (Å²) in [7, 11) is 0. The predicted octanol–water partition coefficient (Wildman–Crippen LogP) is 3.29. The Bertz CT molecular complexity index is 210. The third-order valence-corrected chi connectivity index (χ3v) is 3.71. The number of rotatable bonds is 6. The third-order valence-electron chi connectivity index (χ3n) is 3.71. The molecule has 0 aromatic rings.